The first kappa shape index (κ1) is 12.2. The van der Waals surface area contributed by atoms with Crippen LogP contribution in [-0.2, 0) is 0 Å². The predicted octanol–water partition coefficient (Wildman–Crippen LogP) is 0.585. The SMILES string of the molecule is O=C(c1ccnc(Cl)c1)N1CCN2C(=O)NCC2C1. The van der Waals surface area contributed by atoms with Crippen molar-refractivity contribution in [3.63, 3.8) is 0 Å². The summed E-state index contributed by atoms with van der Waals surface area (Å²) >= 11 is 5.79. The fourth-order valence-corrected chi connectivity index (χ4v) is 2.68. The maximum atomic E-state index is 12.3. The number of piperazine rings is 1. The zero-order chi connectivity index (χ0) is 13.4. The zero-order valence-electron chi connectivity index (χ0n) is 10.2. The highest BCUT2D eigenvalue weighted by atomic mass is 35.5. The van der Waals surface area contributed by atoms with Crippen LogP contribution in [0.4, 0.5) is 4.79 Å². The van der Waals surface area contributed by atoms with Gasteiger partial charge in [0.05, 0.1) is 6.04 Å². The second-order valence-electron chi connectivity index (χ2n) is 4.65. The molecule has 0 saturated carbocycles. The second kappa shape index (κ2) is 4.70. The van der Waals surface area contributed by atoms with Gasteiger partial charge in [-0.1, -0.05) is 11.6 Å². The summed E-state index contributed by atoms with van der Waals surface area (Å²) in [5.41, 5.74) is 0.533. The average Bonchev–Trinajstić information content (AvgIpc) is 2.79. The molecule has 0 spiro atoms. The molecule has 1 aromatic heterocycles. The predicted molar refractivity (Wildman–Crippen MR) is 69.0 cm³/mol. The van der Waals surface area contributed by atoms with E-state index in [9.17, 15) is 9.59 Å². The van der Waals surface area contributed by atoms with Crippen molar-refractivity contribution >= 4 is 23.5 Å². The van der Waals surface area contributed by atoms with Crippen LogP contribution in [0.1, 0.15) is 10.4 Å². The molecular weight excluding hydrogens is 268 g/mol. The topological polar surface area (TPSA) is 65.5 Å². The summed E-state index contributed by atoms with van der Waals surface area (Å²) in [6.45, 7) is 2.26. The smallest absolute Gasteiger partial charge is 0.317 e. The fraction of sp³-hybridized carbons (Fsp3) is 0.417. The van der Waals surface area contributed by atoms with Crippen LogP contribution in [0.3, 0.4) is 0 Å². The maximum Gasteiger partial charge on any atom is 0.317 e. The second-order valence-corrected chi connectivity index (χ2v) is 5.04. The number of urea groups is 1. The number of hydrogen-bond acceptors (Lipinski definition) is 3. The van der Waals surface area contributed by atoms with E-state index in [1.165, 1.54) is 6.20 Å². The van der Waals surface area contributed by atoms with E-state index in [2.05, 4.69) is 10.3 Å². The van der Waals surface area contributed by atoms with E-state index in [0.29, 0.717) is 36.9 Å². The highest BCUT2D eigenvalue weighted by Gasteiger charge is 2.37. The first-order valence-electron chi connectivity index (χ1n) is 6.10. The Morgan fingerprint density at radius 2 is 2.32 bits per heavy atom. The number of nitrogens with one attached hydrogen (secondary N) is 1. The van der Waals surface area contributed by atoms with E-state index < -0.39 is 0 Å². The molecular formula is C12H13ClN4O2. The lowest BCUT2D eigenvalue weighted by Gasteiger charge is -2.36. The number of aromatic nitrogens is 1. The van der Waals surface area contributed by atoms with Crippen LogP contribution in [-0.4, -0.2) is 58.9 Å². The van der Waals surface area contributed by atoms with Crippen molar-refractivity contribution in [1.82, 2.24) is 20.1 Å². The minimum absolute atomic E-state index is 0.0379. The number of fused-ring (bicyclic) bond motifs is 1. The molecule has 1 N–H and O–H groups in total. The third kappa shape index (κ3) is 2.23. The van der Waals surface area contributed by atoms with Gasteiger partial charge in [-0.25, -0.2) is 9.78 Å². The van der Waals surface area contributed by atoms with Gasteiger partial charge in [-0.05, 0) is 12.1 Å². The Bertz CT molecular complexity index is 536. The Balaban J connectivity index is 1.74. The zero-order valence-corrected chi connectivity index (χ0v) is 10.9. The molecule has 100 valence electrons. The van der Waals surface area contributed by atoms with Crippen LogP contribution in [0.2, 0.25) is 5.15 Å². The van der Waals surface area contributed by atoms with Gasteiger partial charge in [-0.15, -0.1) is 0 Å². The van der Waals surface area contributed by atoms with Crippen molar-refractivity contribution in [2.75, 3.05) is 26.2 Å². The lowest BCUT2D eigenvalue weighted by atomic mass is 10.1. The van der Waals surface area contributed by atoms with Crippen molar-refractivity contribution in [3.8, 4) is 0 Å². The van der Waals surface area contributed by atoms with Crippen LogP contribution < -0.4 is 5.32 Å². The summed E-state index contributed by atoms with van der Waals surface area (Å²) in [5, 5.41) is 3.10. The van der Waals surface area contributed by atoms with E-state index in [4.69, 9.17) is 11.6 Å². The monoisotopic (exact) mass is 280 g/mol. The summed E-state index contributed by atoms with van der Waals surface area (Å²) in [7, 11) is 0. The van der Waals surface area contributed by atoms with Gasteiger partial charge in [0.2, 0.25) is 0 Å². The highest BCUT2D eigenvalue weighted by Crippen LogP contribution is 2.17. The van der Waals surface area contributed by atoms with Crippen molar-refractivity contribution < 1.29 is 9.59 Å². The Labute approximate surface area is 115 Å². The number of carbonyl (C=O) groups excluding carboxylic acids is 2. The Morgan fingerprint density at radius 1 is 1.47 bits per heavy atom. The van der Waals surface area contributed by atoms with Gasteiger partial charge < -0.3 is 15.1 Å². The van der Waals surface area contributed by atoms with Gasteiger partial charge in [-0.3, -0.25) is 4.79 Å². The van der Waals surface area contributed by atoms with Crippen molar-refractivity contribution in [1.29, 1.82) is 0 Å². The van der Waals surface area contributed by atoms with Gasteiger partial charge in [-0.2, -0.15) is 0 Å². The molecule has 0 bridgehead atoms. The minimum atomic E-state index is -0.0664. The van der Waals surface area contributed by atoms with Crippen molar-refractivity contribution in [3.05, 3.63) is 29.0 Å². The molecule has 6 nitrogen and oxygen atoms in total. The Morgan fingerprint density at radius 3 is 3.11 bits per heavy atom. The molecule has 3 rings (SSSR count). The summed E-state index contributed by atoms with van der Waals surface area (Å²) < 4.78 is 0. The first-order valence-corrected chi connectivity index (χ1v) is 6.48. The number of hydrogen-bond donors (Lipinski definition) is 1. The molecule has 2 fully saturated rings. The normalized spacial score (nSPS) is 22.2. The third-order valence-corrected chi connectivity index (χ3v) is 3.70. The summed E-state index contributed by atoms with van der Waals surface area (Å²) in [4.78, 5) is 31.2. The molecule has 1 aromatic rings. The standard InChI is InChI=1S/C12H13ClN4O2/c13-10-5-8(1-2-14-10)11(18)16-3-4-17-9(7-16)6-15-12(17)19/h1-2,5,9H,3-4,6-7H2,(H,15,19). The van der Waals surface area contributed by atoms with Crippen molar-refractivity contribution in [2.24, 2.45) is 0 Å². The molecule has 2 aliphatic heterocycles. The van der Waals surface area contributed by atoms with E-state index in [0.717, 1.165) is 0 Å². The van der Waals surface area contributed by atoms with Gasteiger partial charge in [0.25, 0.3) is 5.91 Å². The number of nitrogens with zero attached hydrogens (tertiary/aromatic N) is 3. The lowest BCUT2D eigenvalue weighted by molar-refractivity contribution is 0.0617. The number of carbonyl (C=O) groups is 2. The molecule has 3 heterocycles. The van der Waals surface area contributed by atoms with E-state index in [1.807, 2.05) is 0 Å². The van der Waals surface area contributed by atoms with E-state index >= 15 is 0 Å². The number of pyridine rings is 1. The van der Waals surface area contributed by atoms with Crippen LogP contribution in [0, 0.1) is 0 Å². The van der Waals surface area contributed by atoms with Crippen LogP contribution in [0.15, 0.2) is 18.3 Å². The van der Waals surface area contributed by atoms with Crippen LogP contribution in [0.25, 0.3) is 0 Å². The quantitative estimate of drug-likeness (QED) is 0.766. The van der Waals surface area contributed by atoms with Crippen molar-refractivity contribution in [2.45, 2.75) is 6.04 Å². The molecule has 2 aliphatic rings. The summed E-state index contributed by atoms with van der Waals surface area (Å²) in [6, 6.07) is 3.25. The molecule has 7 heteroatoms. The van der Waals surface area contributed by atoms with Gasteiger partial charge >= 0.3 is 6.03 Å². The number of halogens is 1. The maximum absolute atomic E-state index is 12.3. The van der Waals surface area contributed by atoms with Crippen LogP contribution >= 0.6 is 11.6 Å². The molecule has 19 heavy (non-hydrogen) atoms. The minimum Gasteiger partial charge on any atom is -0.336 e. The summed E-state index contributed by atoms with van der Waals surface area (Å²) in [5.74, 6) is -0.0664. The van der Waals surface area contributed by atoms with Gasteiger partial charge in [0, 0.05) is 37.9 Å². The first-order chi connectivity index (χ1) is 9.15. The van der Waals surface area contributed by atoms with E-state index in [-0.39, 0.29) is 18.0 Å². The average molecular weight is 281 g/mol. The lowest BCUT2D eigenvalue weighted by Crippen LogP contribution is -2.53. The number of amides is 3. The Kier molecular flexibility index (Phi) is 3.02. The largest absolute Gasteiger partial charge is 0.336 e. The molecule has 3 amide bonds. The molecule has 0 aromatic carbocycles. The highest BCUT2D eigenvalue weighted by molar-refractivity contribution is 6.29. The molecule has 1 atom stereocenters. The Hall–Kier alpha value is -1.82. The number of rotatable bonds is 1. The molecule has 0 aliphatic carbocycles. The third-order valence-electron chi connectivity index (χ3n) is 3.49. The molecule has 0 radical (unpaired) electrons. The van der Waals surface area contributed by atoms with E-state index in [1.54, 1.807) is 21.9 Å². The van der Waals surface area contributed by atoms with Crippen LogP contribution in [0.5, 0.6) is 0 Å². The summed E-state index contributed by atoms with van der Waals surface area (Å²) in [6.07, 6.45) is 1.52. The molecule has 1 unspecified atom stereocenters. The molecule has 2 saturated heterocycles. The fourth-order valence-electron chi connectivity index (χ4n) is 2.51. The van der Waals surface area contributed by atoms with Gasteiger partial charge in [0.15, 0.2) is 0 Å². The van der Waals surface area contributed by atoms with Gasteiger partial charge in [0.1, 0.15) is 5.15 Å².